The van der Waals surface area contributed by atoms with Gasteiger partial charge < -0.3 is 10.1 Å². The van der Waals surface area contributed by atoms with Crippen LogP contribution in [0.3, 0.4) is 0 Å². The summed E-state index contributed by atoms with van der Waals surface area (Å²) >= 11 is 0. The number of benzene rings is 2. The minimum atomic E-state index is 0.0302. The number of nitrogens with zero attached hydrogens (tertiary/aromatic N) is 1. The second kappa shape index (κ2) is 8.78. The van der Waals surface area contributed by atoms with Gasteiger partial charge in [0.15, 0.2) is 0 Å². The zero-order valence-corrected chi connectivity index (χ0v) is 16.6. The molecule has 0 spiro atoms. The van der Waals surface area contributed by atoms with Crippen LogP contribution in [-0.2, 0) is 6.54 Å². The molecule has 2 aliphatic rings. The average Bonchev–Trinajstić information content (AvgIpc) is 2.70. The summed E-state index contributed by atoms with van der Waals surface area (Å²) in [6.45, 7) is 3.62. The van der Waals surface area contributed by atoms with Crippen LogP contribution in [0.15, 0.2) is 54.6 Å². The van der Waals surface area contributed by atoms with Gasteiger partial charge in [-0.2, -0.15) is 0 Å². The standard InChI is InChI=1S/C24H30N2O2/c1-2-28-23-13-11-19(12-14-23)24(27)25-20-15-21-9-6-10-22(16-20)26(21)17-18-7-4-3-5-8-18/h3-5,7-8,11-14,20-22H,2,6,9-10,15-17H2,1H3,(H,25,27)/t21-,22-/m1/s1. The lowest BCUT2D eigenvalue weighted by molar-refractivity contribution is 0.0177. The van der Waals surface area contributed by atoms with Crippen molar-refractivity contribution >= 4 is 5.91 Å². The third-order valence-corrected chi connectivity index (χ3v) is 6.10. The monoisotopic (exact) mass is 378 g/mol. The van der Waals surface area contributed by atoms with Gasteiger partial charge in [-0.1, -0.05) is 36.8 Å². The molecule has 2 aromatic rings. The number of rotatable bonds is 6. The molecule has 0 radical (unpaired) electrons. The summed E-state index contributed by atoms with van der Waals surface area (Å²) in [6.07, 6.45) is 5.87. The molecule has 4 nitrogen and oxygen atoms in total. The van der Waals surface area contributed by atoms with Gasteiger partial charge in [0.2, 0.25) is 0 Å². The van der Waals surface area contributed by atoms with E-state index in [2.05, 4.69) is 40.5 Å². The van der Waals surface area contributed by atoms with Crippen molar-refractivity contribution in [2.75, 3.05) is 6.61 Å². The van der Waals surface area contributed by atoms with Crippen molar-refractivity contribution in [2.24, 2.45) is 0 Å². The van der Waals surface area contributed by atoms with Gasteiger partial charge in [0.1, 0.15) is 5.75 Å². The van der Waals surface area contributed by atoms with E-state index in [0.29, 0.717) is 24.3 Å². The van der Waals surface area contributed by atoms with E-state index in [4.69, 9.17) is 4.74 Å². The highest BCUT2D eigenvalue weighted by Gasteiger charge is 2.38. The Balaban J connectivity index is 1.37. The molecular weight excluding hydrogens is 348 g/mol. The quantitative estimate of drug-likeness (QED) is 0.810. The number of amides is 1. The first kappa shape index (κ1) is 19.0. The Kier molecular flexibility index (Phi) is 5.96. The van der Waals surface area contributed by atoms with Gasteiger partial charge in [-0.15, -0.1) is 0 Å². The molecule has 2 atom stereocenters. The summed E-state index contributed by atoms with van der Waals surface area (Å²) in [5.41, 5.74) is 2.09. The van der Waals surface area contributed by atoms with E-state index in [0.717, 1.165) is 25.1 Å². The van der Waals surface area contributed by atoms with E-state index in [1.165, 1.54) is 24.8 Å². The third-order valence-electron chi connectivity index (χ3n) is 6.10. The molecule has 4 heteroatoms. The van der Waals surface area contributed by atoms with E-state index in [-0.39, 0.29) is 11.9 Å². The molecule has 2 bridgehead atoms. The van der Waals surface area contributed by atoms with Crippen molar-refractivity contribution in [1.82, 2.24) is 10.2 Å². The topological polar surface area (TPSA) is 41.6 Å². The van der Waals surface area contributed by atoms with Crippen LogP contribution in [0.5, 0.6) is 5.75 Å². The van der Waals surface area contributed by atoms with Gasteiger partial charge in [0, 0.05) is 30.2 Å². The zero-order chi connectivity index (χ0) is 19.3. The number of hydrogen-bond donors (Lipinski definition) is 1. The molecule has 2 fully saturated rings. The lowest BCUT2D eigenvalue weighted by atomic mass is 9.81. The lowest BCUT2D eigenvalue weighted by Gasteiger charge is -2.49. The maximum absolute atomic E-state index is 12.7. The Hall–Kier alpha value is -2.33. The van der Waals surface area contributed by atoms with Crippen molar-refractivity contribution in [1.29, 1.82) is 0 Å². The van der Waals surface area contributed by atoms with Crippen LogP contribution in [0.4, 0.5) is 0 Å². The van der Waals surface area contributed by atoms with E-state index in [9.17, 15) is 4.79 Å². The SMILES string of the molecule is CCOc1ccc(C(=O)NC2C[C@H]3CCC[C@H](C2)N3Cc2ccccc2)cc1. The molecule has 2 saturated heterocycles. The fourth-order valence-electron chi connectivity index (χ4n) is 4.79. The van der Waals surface area contributed by atoms with Gasteiger partial charge in [-0.05, 0) is 62.4 Å². The van der Waals surface area contributed by atoms with Crippen LogP contribution >= 0.6 is 0 Å². The molecule has 1 amide bonds. The van der Waals surface area contributed by atoms with Gasteiger partial charge in [0.25, 0.3) is 5.91 Å². The first-order chi connectivity index (χ1) is 13.7. The summed E-state index contributed by atoms with van der Waals surface area (Å²) in [5.74, 6) is 0.838. The lowest BCUT2D eigenvalue weighted by Crippen LogP contribution is -2.56. The molecule has 0 saturated carbocycles. The number of carbonyl (C=O) groups is 1. The van der Waals surface area contributed by atoms with Gasteiger partial charge in [-0.3, -0.25) is 9.69 Å². The summed E-state index contributed by atoms with van der Waals surface area (Å²) in [7, 11) is 0. The molecule has 28 heavy (non-hydrogen) atoms. The molecule has 0 aromatic heterocycles. The van der Waals surface area contributed by atoms with Crippen molar-refractivity contribution in [3.05, 3.63) is 65.7 Å². The van der Waals surface area contributed by atoms with Crippen molar-refractivity contribution in [3.63, 3.8) is 0 Å². The van der Waals surface area contributed by atoms with Crippen LogP contribution in [0, 0.1) is 0 Å². The molecule has 0 unspecified atom stereocenters. The molecule has 2 heterocycles. The number of ether oxygens (including phenoxy) is 1. The number of piperidine rings is 2. The van der Waals surface area contributed by atoms with Crippen LogP contribution in [-0.4, -0.2) is 35.5 Å². The molecule has 2 aliphatic heterocycles. The average molecular weight is 379 g/mol. The van der Waals surface area contributed by atoms with Crippen LogP contribution in [0.2, 0.25) is 0 Å². The summed E-state index contributed by atoms with van der Waals surface area (Å²) in [6, 6.07) is 19.6. The number of nitrogens with one attached hydrogen (secondary N) is 1. The van der Waals surface area contributed by atoms with E-state index >= 15 is 0 Å². The van der Waals surface area contributed by atoms with E-state index in [1.54, 1.807) is 0 Å². The molecule has 148 valence electrons. The fraction of sp³-hybridized carbons (Fsp3) is 0.458. The smallest absolute Gasteiger partial charge is 0.251 e. The van der Waals surface area contributed by atoms with Crippen LogP contribution < -0.4 is 10.1 Å². The number of hydrogen-bond acceptors (Lipinski definition) is 3. The first-order valence-corrected chi connectivity index (χ1v) is 10.6. The number of carbonyl (C=O) groups excluding carboxylic acids is 1. The molecule has 1 N–H and O–H groups in total. The first-order valence-electron chi connectivity index (χ1n) is 10.6. The maximum Gasteiger partial charge on any atom is 0.251 e. The Bertz CT molecular complexity index is 761. The summed E-state index contributed by atoms with van der Waals surface area (Å²) in [4.78, 5) is 15.4. The van der Waals surface area contributed by atoms with Crippen molar-refractivity contribution < 1.29 is 9.53 Å². The van der Waals surface area contributed by atoms with Crippen LogP contribution in [0.25, 0.3) is 0 Å². The Labute approximate surface area is 167 Å². The maximum atomic E-state index is 12.7. The molecule has 2 aromatic carbocycles. The molecule has 4 rings (SSSR count). The second-order valence-electron chi connectivity index (χ2n) is 8.00. The van der Waals surface area contributed by atoms with E-state index in [1.807, 2.05) is 31.2 Å². The second-order valence-corrected chi connectivity index (χ2v) is 8.00. The van der Waals surface area contributed by atoms with Crippen molar-refractivity contribution in [3.8, 4) is 5.75 Å². The number of fused-ring (bicyclic) bond motifs is 2. The minimum absolute atomic E-state index is 0.0302. The highest BCUT2D eigenvalue weighted by Crippen LogP contribution is 2.35. The van der Waals surface area contributed by atoms with Gasteiger partial charge in [0.05, 0.1) is 6.61 Å². The zero-order valence-electron chi connectivity index (χ0n) is 16.6. The Morgan fingerprint density at radius 3 is 2.36 bits per heavy atom. The van der Waals surface area contributed by atoms with E-state index < -0.39 is 0 Å². The van der Waals surface area contributed by atoms with Crippen LogP contribution in [0.1, 0.15) is 54.9 Å². The largest absolute Gasteiger partial charge is 0.494 e. The predicted molar refractivity (Wildman–Crippen MR) is 112 cm³/mol. The molecule has 0 aliphatic carbocycles. The third kappa shape index (κ3) is 4.39. The summed E-state index contributed by atoms with van der Waals surface area (Å²) in [5, 5.41) is 3.29. The predicted octanol–water partition coefficient (Wildman–Crippen LogP) is 4.40. The normalized spacial score (nSPS) is 24.5. The minimum Gasteiger partial charge on any atom is -0.494 e. The Morgan fingerprint density at radius 1 is 1.04 bits per heavy atom. The Morgan fingerprint density at radius 2 is 1.71 bits per heavy atom. The fourth-order valence-corrected chi connectivity index (χ4v) is 4.79. The van der Waals surface area contributed by atoms with Gasteiger partial charge in [-0.25, -0.2) is 0 Å². The summed E-state index contributed by atoms with van der Waals surface area (Å²) < 4.78 is 5.46. The van der Waals surface area contributed by atoms with Gasteiger partial charge >= 0.3 is 0 Å². The highest BCUT2D eigenvalue weighted by molar-refractivity contribution is 5.94. The molecular formula is C24H30N2O2. The highest BCUT2D eigenvalue weighted by atomic mass is 16.5. The van der Waals surface area contributed by atoms with Crippen molar-refractivity contribution in [2.45, 2.75) is 63.7 Å².